The molecule has 0 aliphatic rings. The van der Waals surface area contributed by atoms with Crippen LogP contribution in [0, 0.1) is 0 Å². The van der Waals surface area contributed by atoms with Gasteiger partial charge in [0.1, 0.15) is 13.2 Å². The molecule has 0 saturated heterocycles. The highest BCUT2D eigenvalue weighted by Crippen LogP contribution is 2.07. The first kappa shape index (κ1) is 15.7. The van der Waals surface area contributed by atoms with Crippen molar-refractivity contribution in [1.82, 2.24) is 0 Å². The molecule has 4 nitrogen and oxygen atoms in total. The first-order valence-corrected chi connectivity index (χ1v) is 6.24. The molecule has 106 valence electrons. The quantitative estimate of drug-likeness (QED) is 0.455. The van der Waals surface area contributed by atoms with Gasteiger partial charge in [0.05, 0.1) is 0 Å². The van der Waals surface area contributed by atoms with E-state index in [9.17, 15) is 9.59 Å². The SMILES string of the molecule is C=C(C)C(=O)OCCOC(=O)C(C)=Cc1ccccc1. The van der Waals surface area contributed by atoms with E-state index in [1.54, 1.807) is 19.9 Å². The van der Waals surface area contributed by atoms with Crippen molar-refractivity contribution < 1.29 is 19.1 Å². The van der Waals surface area contributed by atoms with Gasteiger partial charge < -0.3 is 9.47 Å². The minimum atomic E-state index is -0.488. The van der Waals surface area contributed by atoms with Gasteiger partial charge in [0.15, 0.2) is 0 Å². The molecule has 0 amide bonds. The summed E-state index contributed by atoms with van der Waals surface area (Å²) >= 11 is 0. The largest absolute Gasteiger partial charge is 0.459 e. The fraction of sp³-hybridized carbons (Fsp3) is 0.250. The fourth-order valence-corrected chi connectivity index (χ4v) is 1.36. The molecule has 1 aromatic carbocycles. The van der Waals surface area contributed by atoms with Crippen LogP contribution in [0.1, 0.15) is 19.4 Å². The third-order valence-electron chi connectivity index (χ3n) is 2.40. The number of hydrogen-bond donors (Lipinski definition) is 0. The Bertz CT molecular complexity index is 515. The van der Waals surface area contributed by atoms with E-state index in [1.165, 1.54) is 0 Å². The molecule has 0 aliphatic heterocycles. The highest BCUT2D eigenvalue weighted by molar-refractivity contribution is 5.93. The molecule has 20 heavy (non-hydrogen) atoms. The predicted molar refractivity (Wildman–Crippen MR) is 76.8 cm³/mol. The summed E-state index contributed by atoms with van der Waals surface area (Å²) < 4.78 is 9.81. The lowest BCUT2D eigenvalue weighted by molar-refractivity contribution is -0.147. The molecular formula is C16H18O4. The van der Waals surface area contributed by atoms with Crippen LogP contribution in [0.3, 0.4) is 0 Å². The maximum atomic E-state index is 11.7. The summed E-state index contributed by atoms with van der Waals surface area (Å²) in [6.07, 6.45) is 1.74. The maximum absolute atomic E-state index is 11.7. The van der Waals surface area contributed by atoms with E-state index < -0.39 is 11.9 Å². The summed E-state index contributed by atoms with van der Waals surface area (Å²) in [4.78, 5) is 22.8. The molecule has 0 bridgehead atoms. The summed E-state index contributed by atoms with van der Waals surface area (Å²) in [7, 11) is 0. The average Bonchev–Trinajstić information content (AvgIpc) is 2.43. The van der Waals surface area contributed by atoms with Gasteiger partial charge in [-0.2, -0.15) is 0 Å². The molecule has 1 aromatic rings. The molecule has 4 heteroatoms. The van der Waals surface area contributed by atoms with Crippen LogP contribution in [0.5, 0.6) is 0 Å². The van der Waals surface area contributed by atoms with Gasteiger partial charge in [-0.25, -0.2) is 9.59 Å². The molecule has 0 unspecified atom stereocenters. The standard InChI is InChI=1S/C16H18O4/c1-12(2)15(17)19-9-10-20-16(18)13(3)11-14-7-5-4-6-8-14/h4-8,11H,1,9-10H2,2-3H3. The molecule has 0 aromatic heterocycles. The molecule has 0 aliphatic carbocycles. The van der Waals surface area contributed by atoms with E-state index >= 15 is 0 Å². The Balaban J connectivity index is 2.38. The van der Waals surface area contributed by atoms with Crippen molar-refractivity contribution in [3.63, 3.8) is 0 Å². The van der Waals surface area contributed by atoms with Gasteiger partial charge in [-0.3, -0.25) is 0 Å². The lowest BCUT2D eigenvalue weighted by atomic mass is 10.1. The summed E-state index contributed by atoms with van der Waals surface area (Å²) in [6, 6.07) is 9.47. The van der Waals surface area contributed by atoms with Crippen LogP contribution in [0.25, 0.3) is 6.08 Å². The maximum Gasteiger partial charge on any atom is 0.333 e. The van der Waals surface area contributed by atoms with Crippen LogP contribution in [-0.2, 0) is 19.1 Å². The second-order valence-electron chi connectivity index (χ2n) is 4.29. The molecule has 0 heterocycles. The highest BCUT2D eigenvalue weighted by atomic mass is 16.6. The number of carbonyl (C=O) groups is 2. The van der Waals surface area contributed by atoms with Crippen molar-refractivity contribution in [2.24, 2.45) is 0 Å². The van der Waals surface area contributed by atoms with Crippen LogP contribution in [0.2, 0.25) is 0 Å². The molecule has 0 fully saturated rings. The van der Waals surface area contributed by atoms with Crippen molar-refractivity contribution in [1.29, 1.82) is 0 Å². The molecule has 0 N–H and O–H groups in total. The topological polar surface area (TPSA) is 52.6 Å². The van der Waals surface area contributed by atoms with Crippen molar-refractivity contribution in [3.05, 3.63) is 53.6 Å². The van der Waals surface area contributed by atoms with Crippen molar-refractivity contribution in [2.75, 3.05) is 13.2 Å². The summed E-state index contributed by atoms with van der Waals surface area (Å²) in [6.45, 7) is 6.73. The Morgan fingerprint density at radius 2 is 1.60 bits per heavy atom. The molecule has 0 saturated carbocycles. The van der Waals surface area contributed by atoms with E-state index in [-0.39, 0.29) is 13.2 Å². The van der Waals surface area contributed by atoms with Crippen LogP contribution in [-0.4, -0.2) is 25.2 Å². The Kier molecular flexibility index (Phi) is 6.23. The molecule has 0 atom stereocenters. The number of carbonyl (C=O) groups excluding carboxylic acids is 2. The lowest BCUT2D eigenvalue weighted by Gasteiger charge is -2.06. The van der Waals surface area contributed by atoms with E-state index in [0.717, 1.165) is 5.56 Å². The summed E-state index contributed by atoms with van der Waals surface area (Å²) in [5.74, 6) is -0.919. The summed E-state index contributed by atoms with van der Waals surface area (Å²) in [5, 5.41) is 0. The second kappa shape index (κ2) is 7.94. The van der Waals surface area contributed by atoms with Gasteiger partial charge in [-0.05, 0) is 25.5 Å². The van der Waals surface area contributed by atoms with Gasteiger partial charge in [-0.15, -0.1) is 0 Å². The number of benzene rings is 1. The molecule has 0 spiro atoms. The van der Waals surface area contributed by atoms with E-state index in [4.69, 9.17) is 9.47 Å². The van der Waals surface area contributed by atoms with Gasteiger partial charge in [0.2, 0.25) is 0 Å². The Morgan fingerprint density at radius 3 is 2.15 bits per heavy atom. The zero-order chi connectivity index (χ0) is 15.0. The smallest absolute Gasteiger partial charge is 0.333 e. The number of hydrogen-bond acceptors (Lipinski definition) is 4. The third kappa shape index (κ3) is 5.52. The number of ether oxygens (including phenoxy) is 2. The first-order valence-electron chi connectivity index (χ1n) is 6.24. The van der Waals surface area contributed by atoms with E-state index in [1.807, 2.05) is 30.3 Å². The van der Waals surface area contributed by atoms with Gasteiger partial charge in [0.25, 0.3) is 0 Å². The summed E-state index contributed by atoms with van der Waals surface area (Å²) in [5.41, 5.74) is 1.73. The zero-order valence-electron chi connectivity index (χ0n) is 11.7. The van der Waals surface area contributed by atoms with Gasteiger partial charge in [-0.1, -0.05) is 36.9 Å². The fourth-order valence-electron chi connectivity index (χ4n) is 1.36. The molecule has 1 rings (SSSR count). The van der Waals surface area contributed by atoms with Crippen LogP contribution in [0.4, 0.5) is 0 Å². The highest BCUT2D eigenvalue weighted by Gasteiger charge is 2.07. The van der Waals surface area contributed by atoms with Crippen LogP contribution >= 0.6 is 0 Å². The van der Waals surface area contributed by atoms with Gasteiger partial charge >= 0.3 is 11.9 Å². The Morgan fingerprint density at radius 1 is 1.05 bits per heavy atom. The van der Waals surface area contributed by atoms with Crippen LogP contribution in [0.15, 0.2) is 48.1 Å². The van der Waals surface area contributed by atoms with E-state index in [0.29, 0.717) is 11.1 Å². The van der Waals surface area contributed by atoms with Crippen molar-refractivity contribution in [3.8, 4) is 0 Å². The monoisotopic (exact) mass is 274 g/mol. The predicted octanol–water partition coefficient (Wildman–Crippen LogP) is 2.75. The Labute approximate surface area is 118 Å². The zero-order valence-corrected chi connectivity index (χ0v) is 11.7. The van der Waals surface area contributed by atoms with E-state index in [2.05, 4.69) is 6.58 Å². The number of esters is 2. The molecule has 0 radical (unpaired) electrons. The molecular weight excluding hydrogens is 256 g/mol. The van der Waals surface area contributed by atoms with Crippen molar-refractivity contribution in [2.45, 2.75) is 13.8 Å². The van der Waals surface area contributed by atoms with Crippen molar-refractivity contribution >= 4 is 18.0 Å². The Hall–Kier alpha value is -2.36. The minimum Gasteiger partial charge on any atom is -0.459 e. The first-order chi connectivity index (χ1) is 9.50. The average molecular weight is 274 g/mol. The van der Waals surface area contributed by atoms with Gasteiger partial charge in [0, 0.05) is 11.1 Å². The minimum absolute atomic E-state index is 0.0239. The lowest BCUT2D eigenvalue weighted by Crippen LogP contribution is -2.14. The number of rotatable bonds is 6. The third-order valence-corrected chi connectivity index (χ3v) is 2.40. The second-order valence-corrected chi connectivity index (χ2v) is 4.29. The normalized spacial score (nSPS) is 10.8. The van der Waals surface area contributed by atoms with Crippen LogP contribution < -0.4 is 0 Å².